The van der Waals surface area contributed by atoms with Crippen LogP contribution in [0.4, 0.5) is 16.2 Å². The van der Waals surface area contributed by atoms with E-state index in [1.807, 2.05) is 49.4 Å². The lowest BCUT2D eigenvalue weighted by Crippen LogP contribution is -2.50. The first kappa shape index (κ1) is 30.8. The fourth-order valence-corrected chi connectivity index (χ4v) is 6.21. The first-order valence-electron chi connectivity index (χ1n) is 14.2. The van der Waals surface area contributed by atoms with Gasteiger partial charge in [-0.3, -0.25) is 9.52 Å². The Balaban J connectivity index is 1.46. The number of hydrogen-bond acceptors (Lipinski definition) is 7. The molecule has 0 saturated carbocycles. The Kier molecular flexibility index (Phi) is 8.79. The van der Waals surface area contributed by atoms with Crippen molar-refractivity contribution >= 4 is 44.1 Å². The van der Waals surface area contributed by atoms with Gasteiger partial charge in [0, 0.05) is 38.1 Å². The van der Waals surface area contributed by atoms with Crippen LogP contribution in [-0.2, 0) is 17.1 Å². The van der Waals surface area contributed by atoms with Crippen molar-refractivity contribution in [3.63, 3.8) is 0 Å². The lowest BCUT2D eigenvalue weighted by molar-refractivity contribution is 0.0373. The second-order valence-corrected chi connectivity index (χ2v) is 12.8. The van der Waals surface area contributed by atoms with E-state index < -0.39 is 28.1 Å². The van der Waals surface area contributed by atoms with E-state index in [1.165, 1.54) is 28.1 Å². The normalized spacial score (nSPS) is 17.7. The van der Waals surface area contributed by atoms with E-state index in [2.05, 4.69) is 15.0 Å². The molecule has 12 nitrogen and oxygen atoms in total. The monoisotopic (exact) mass is 620 g/mol. The number of ether oxygens (including phenoxy) is 1. The molecular formula is C31H36N6O6S. The highest BCUT2D eigenvalue weighted by molar-refractivity contribution is 7.92. The number of aryl methyl sites for hydroxylation is 1. The Morgan fingerprint density at radius 1 is 1.14 bits per heavy atom. The summed E-state index contributed by atoms with van der Waals surface area (Å²) in [5, 5.41) is 14.6. The SMILES string of the molecule is C[C@H](CO)N1C[C@H](C)[C@H](CN(C)C(=O)Nc2cccc3ccccc23)Oc2c(NS(=O)(=O)c3cn(C)cn3)cccc2C1=O. The summed E-state index contributed by atoms with van der Waals surface area (Å²) in [5.74, 6) is -0.686. The van der Waals surface area contributed by atoms with Crippen molar-refractivity contribution in [2.45, 2.75) is 31.0 Å². The number of imidazole rings is 1. The van der Waals surface area contributed by atoms with E-state index in [0.29, 0.717) is 5.69 Å². The average Bonchev–Trinajstić information content (AvgIpc) is 3.46. The summed E-state index contributed by atoms with van der Waals surface area (Å²) < 4.78 is 36.9. The predicted molar refractivity (Wildman–Crippen MR) is 167 cm³/mol. The number of sulfonamides is 1. The summed E-state index contributed by atoms with van der Waals surface area (Å²) in [6, 6.07) is 17.2. The highest BCUT2D eigenvalue weighted by Crippen LogP contribution is 2.36. The number of anilines is 2. The Hall–Kier alpha value is -4.62. The minimum atomic E-state index is -4.12. The summed E-state index contributed by atoms with van der Waals surface area (Å²) in [4.78, 5) is 34.1. The number of nitrogens with zero attached hydrogens (tertiary/aromatic N) is 4. The molecule has 1 aliphatic heterocycles. The molecule has 3 atom stereocenters. The third kappa shape index (κ3) is 6.33. The zero-order chi connectivity index (χ0) is 31.6. The van der Waals surface area contributed by atoms with E-state index in [9.17, 15) is 23.1 Å². The molecule has 0 unspecified atom stereocenters. The standard InChI is InChI=1S/C31H36N6O6S/c1-20-15-37(21(2)18-38)30(39)24-12-8-14-26(34-44(41,42)28-17-35(3)19-32-28)29(24)43-27(20)16-36(4)31(40)33-25-13-7-10-22-9-5-6-11-23(22)25/h5-14,17,19-21,27,34,38H,15-16,18H2,1-4H3,(H,33,40)/t20-,21+,27-/m0/s1. The van der Waals surface area contributed by atoms with Gasteiger partial charge in [0.05, 0.1) is 42.5 Å². The molecule has 0 aliphatic carbocycles. The van der Waals surface area contributed by atoms with E-state index in [0.717, 1.165) is 10.8 Å². The maximum Gasteiger partial charge on any atom is 0.321 e. The summed E-state index contributed by atoms with van der Waals surface area (Å²) in [5.41, 5.74) is 0.850. The van der Waals surface area contributed by atoms with Crippen LogP contribution in [0.3, 0.4) is 0 Å². The highest BCUT2D eigenvalue weighted by atomic mass is 32.2. The number of urea groups is 1. The van der Waals surface area contributed by atoms with Crippen LogP contribution in [0.5, 0.6) is 5.75 Å². The van der Waals surface area contributed by atoms with E-state index >= 15 is 0 Å². The van der Waals surface area contributed by atoms with Gasteiger partial charge in [0.1, 0.15) is 6.10 Å². The molecule has 0 radical (unpaired) electrons. The van der Waals surface area contributed by atoms with Crippen LogP contribution in [0.25, 0.3) is 10.8 Å². The number of benzene rings is 3. The van der Waals surface area contributed by atoms with Crippen LogP contribution in [0.2, 0.25) is 0 Å². The molecule has 44 heavy (non-hydrogen) atoms. The zero-order valence-electron chi connectivity index (χ0n) is 25.0. The van der Waals surface area contributed by atoms with E-state index in [4.69, 9.17) is 4.74 Å². The average molecular weight is 621 g/mol. The van der Waals surface area contributed by atoms with Gasteiger partial charge in [-0.25, -0.2) is 9.78 Å². The number of carbonyl (C=O) groups is 2. The van der Waals surface area contributed by atoms with Gasteiger partial charge >= 0.3 is 6.03 Å². The van der Waals surface area contributed by atoms with Crippen LogP contribution in [0.15, 0.2) is 78.2 Å². The molecule has 0 saturated heterocycles. The number of hydrogen-bond donors (Lipinski definition) is 3. The van der Waals surface area contributed by atoms with Crippen molar-refractivity contribution in [2.24, 2.45) is 13.0 Å². The van der Waals surface area contributed by atoms with Crippen LogP contribution in [0, 0.1) is 5.92 Å². The van der Waals surface area contributed by atoms with Gasteiger partial charge in [0.25, 0.3) is 15.9 Å². The lowest BCUT2D eigenvalue weighted by atomic mass is 9.99. The lowest BCUT2D eigenvalue weighted by Gasteiger charge is -2.38. The summed E-state index contributed by atoms with van der Waals surface area (Å²) in [6.07, 6.45) is 2.08. The Labute approximate surface area is 256 Å². The minimum Gasteiger partial charge on any atom is -0.485 e. The molecule has 0 spiro atoms. The molecule has 3 amide bonds. The number of amides is 3. The van der Waals surface area contributed by atoms with Gasteiger partial charge in [-0.15, -0.1) is 0 Å². The quantitative estimate of drug-likeness (QED) is 0.272. The molecule has 5 rings (SSSR count). The molecule has 1 aromatic heterocycles. The second-order valence-electron chi connectivity index (χ2n) is 11.1. The number of para-hydroxylation sites is 1. The topological polar surface area (TPSA) is 146 Å². The number of carbonyl (C=O) groups excluding carboxylic acids is 2. The van der Waals surface area contributed by atoms with Gasteiger partial charge in [0.15, 0.2) is 10.8 Å². The summed E-state index contributed by atoms with van der Waals surface area (Å²) in [7, 11) is -0.822. The number of aliphatic hydroxyl groups is 1. The Morgan fingerprint density at radius 3 is 2.57 bits per heavy atom. The van der Waals surface area contributed by atoms with Crippen molar-refractivity contribution in [1.82, 2.24) is 19.4 Å². The zero-order valence-corrected chi connectivity index (χ0v) is 25.8. The molecular weight excluding hydrogens is 584 g/mol. The molecule has 0 bridgehead atoms. The second kappa shape index (κ2) is 12.5. The number of aliphatic hydroxyl groups excluding tert-OH is 1. The smallest absolute Gasteiger partial charge is 0.321 e. The van der Waals surface area contributed by atoms with Crippen LogP contribution in [0.1, 0.15) is 24.2 Å². The molecule has 4 aromatic rings. The first-order chi connectivity index (χ1) is 21.0. The predicted octanol–water partition coefficient (Wildman–Crippen LogP) is 3.76. The fraction of sp³-hybridized carbons (Fsp3) is 0.323. The Morgan fingerprint density at radius 2 is 1.84 bits per heavy atom. The van der Waals surface area contributed by atoms with E-state index in [1.54, 1.807) is 38.1 Å². The highest BCUT2D eigenvalue weighted by Gasteiger charge is 2.35. The van der Waals surface area contributed by atoms with Crippen molar-refractivity contribution in [1.29, 1.82) is 0 Å². The Bertz CT molecular complexity index is 1790. The third-order valence-electron chi connectivity index (χ3n) is 7.72. The van der Waals surface area contributed by atoms with Crippen LogP contribution < -0.4 is 14.8 Å². The number of nitrogens with one attached hydrogen (secondary N) is 2. The van der Waals surface area contributed by atoms with Gasteiger partial charge in [-0.2, -0.15) is 8.42 Å². The number of aromatic nitrogens is 2. The molecule has 1 aliphatic rings. The van der Waals surface area contributed by atoms with E-state index in [-0.39, 0.29) is 53.7 Å². The van der Waals surface area contributed by atoms with Crippen LogP contribution in [-0.4, -0.2) is 83.7 Å². The molecule has 13 heteroatoms. The van der Waals surface area contributed by atoms with Gasteiger partial charge in [-0.1, -0.05) is 49.4 Å². The molecule has 2 heterocycles. The van der Waals surface area contributed by atoms with Crippen molar-refractivity contribution in [3.05, 3.63) is 78.8 Å². The fourth-order valence-electron chi connectivity index (χ4n) is 5.16. The van der Waals surface area contributed by atoms with Crippen molar-refractivity contribution < 1.29 is 27.9 Å². The van der Waals surface area contributed by atoms with Crippen molar-refractivity contribution in [3.8, 4) is 5.75 Å². The first-order valence-corrected chi connectivity index (χ1v) is 15.7. The maximum atomic E-state index is 13.7. The molecule has 232 valence electrons. The minimum absolute atomic E-state index is 0.0338. The number of fused-ring (bicyclic) bond motifs is 2. The van der Waals surface area contributed by atoms with Gasteiger partial charge < -0.3 is 29.5 Å². The molecule has 3 aromatic carbocycles. The number of likely N-dealkylation sites (N-methyl/N-ethyl adjacent to an activating group) is 1. The van der Waals surface area contributed by atoms with Crippen LogP contribution >= 0.6 is 0 Å². The summed E-state index contributed by atoms with van der Waals surface area (Å²) >= 11 is 0. The largest absolute Gasteiger partial charge is 0.485 e. The van der Waals surface area contributed by atoms with Gasteiger partial charge in [-0.05, 0) is 30.5 Å². The molecule has 0 fully saturated rings. The number of rotatable bonds is 8. The third-order valence-corrected chi connectivity index (χ3v) is 8.97. The maximum absolute atomic E-state index is 13.7. The van der Waals surface area contributed by atoms with Crippen molar-refractivity contribution in [2.75, 3.05) is 36.8 Å². The van der Waals surface area contributed by atoms with Gasteiger partial charge in [0.2, 0.25) is 0 Å². The molecule has 3 N–H and O–H groups in total. The summed E-state index contributed by atoms with van der Waals surface area (Å²) in [6.45, 7) is 3.72.